The van der Waals surface area contributed by atoms with Gasteiger partial charge in [-0.1, -0.05) is 150 Å². The van der Waals surface area contributed by atoms with Gasteiger partial charge in [-0.2, -0.15) is 14.8 Å². The van der Waals surface area contributed by atoms with E-state index >= 15 is 0 Å². The molecule has 0 unspecified atom stereocenters. The predicted octanol–water partition coefficient (Wildman–Crippen LogP) is 15.7. The fourth-order valence-electron chi connectivity index (χ4n) is 9.68. The molecule has 1 aliphatic heterocycles. The summed E-state index contributed by atoms with van der Waals surface area (Å²) in [6.45, 7) is 6.15. The standard InChI is InChI=1S/C62H64N6O2/c1-3-5-7-9-11-25-39-65-45-55(53-41-47(35-37-57(53)65)43-63-67(49-27-17-13-18-28-49)50-29-19-14-20-30-50)59-61(69)60(62(59)70)56-46-66(40-26-12-10-8-6-4-2)58-38-36-48(42-54(56)58)44-64-68(51-31-21-15-22-32-51)52-33-23-16-24-34-52/h13-24,27-38,41-46H,3-12,25-26,39-40H2,1-2H3/p+1/b63-43+,64-44+. The number of hydrazone groups is 2. The van der Waals surface area contributed by atoms with Crippen LogP contribution < -0.4 is 10.0 Å². The monoisotopic (exact) mass is 926 g/mol. The van der Waals surface area contributed by atoms with Crippen molar-refractivity contribution in [3.05, 3.63) is 198 Å². The number of unbranched alkanes of at least 4 members (excludes halogenated alkanes) is 10. The number of para-hydroxylation sites is 4. The van der Waals surface area contributed by atoms with Gasteiger partial charge in [0.2, 0.25) is 11.5 Å². The van der Waals surface area contributed by atoms with E-state index in [-0.39, 0.29) is 11.5 Å². The van der Waals surface area contributed by atoms with E-state index in [0.717, 1.165) is 106 Å². The first-order chi connectivity index (χ1) is 34.5. The molecule has 1 aliphatic carbocycles. The van der Waals surface area contributed by atoms with E-state index < -0.39 is 0 Å². The number of allylic oxidation sites excluding steroid dienone is 3. The van der Waals surface area contributed by atoms with Gasteiger partial charge in [0.15, 0.2) is 6.21 Å². The molecule has 1 N–H and O–H groups in total. The van der Waals surface area contributed by atoms with Gasteiger partial charge in [-0.3, -0.25) is 4.79 Å². The van der Waals surface area contributed by atoms with Gasteiger partial charge in [-0.05, 0) is 96.8 Å². The molecule has 2 heterocycles. The van der Waals surface area contributed by atoms with Crippen molar-refractivity contribution in [2.45, 2.75) is 97.4 Å². The number of aliphatic hydroxyl groups excluding tert-OH is 1. The number of carbonyl (C=O) groups is 1. The van der Waals surface area contributed by atoms with Crippen molar-refractivity contribution < 1.29 is 14.5 Å². The molecule has 7 aromatic rings. The summed E-state index contributed by atoms with van der Waals surface area (Å²) in [7, 11) is 0. The van der Waals surface area contributed by atoms with Crippen LogP contribution in [-0.2, 0) is 11.3 Å². The van der Waals surface area contributed by atoms with Crippen LogP contribution in [0.15, 0.2) is 185 Å². The number of anilines is 4. The number of hydrogen-bond acceptors (Lipinski definition) is 6. The third-order valence-electron chi connectivity index (χ3n) is 13.4. The summed E-state index contributed by atoms with van der Waals surface area (Å²) in [5.41, 5.74) is 10.8. The van der Waals surface area contributed by atoms with Gasteiger partial charge in [0.25, 0.3) is 0 Å². The van der Waals surface area contributed by atoms with Crippen molar-refractivity contribution in [3.63, 3.8) is 0 Å². The molecule has 9 rings (SSSR count). The largest absolute Gasteiger partial charge is 0.506 e. The minimum absolute atomic E-state index is 0.0408. The number of aryl methyl sites for hydroxylation is 1. The van der Waals surface area contributed by atoms with Crippen LogP contribution in [0.4, 0.5) is 28.4 Å². The van der Waals surface area contributed by atoms with Crippen LogP contribution in [0.1, 0.15) is 113 Å². The molecular weight excluding hydrogens is 861 g/mol. The Morgan fingerprint density at radius 1 is 0.543 bits per heavy atom. The van der Waals surface area contributed by atoms with Gasteiger partial charge < -0.3 is 9.67 Å². The quantitative estimate of drug-likeness (QED) is 0.0228. The Morgan fingerprint density at radius 2 is 1.03 bits per heavy atom. The SMILES string of the molecule is CCCCCCCCn1cc(C2=C(O)/C(=C3\C=[N+](CCCCCCCC)c4ccc(/C=N/N(c5ccccc5)c5ccccc5)cc43)C2=O)c2cc(/C=N/N(c3ccccc3)c3ccccc3)ccc21. The van der Waals surface area contributed by atoms with Crippen molar-refractivity contribution in [3.8, 4) is 0 Å². The van der Waals surface area contributed by atoms with Gasteiger partial charge in [0.1, 0.15) is 12.3 Å². The zero-order chi connectivity index (χ0) is 48.1. The number of carbonyl (C=O) groups excluding carboxylic acids is 1. The average Bonchev–Trinajstić information content (AvgIpc) is 3.93. The molecule has 2 aliphatic rings. The van der Waals surface area contributed by atoms with Crippen molar-refractivity contribution in [1.82, 2.24) is 4.57 Å². The molecule has 0 radical (unpaired) electrons. The molecule has 0 saturated heterocycles. The number of rotatable bonds is 23. The molecule has 0 fully saturated rings. The minimum Gasteiger partial charge on any atom is -0.506 e. The molecule has 70 heavy (non-hydrogen) atoms. The second kappa shape index (κ2) is 23.1. The van der Waals surface area contributed by atoms with E-state index in [1.807, 2.05) is 144 Å². The number of benzene rings is 6. The van der Waals surface area contributed by atoms with Gasteiger partial charge in [-0.15, -0.1) is 0 Å². The first-order valence-electron chi connectivity index (χ1n) is 25.5. The highest BCUT2D eigenvalue weighted by Crippen LogP contribution is 2.46. The fraction of sp³-hybridized carbons (Fsp3) is 0.258. The van der Waals surface area contributed by atoms with Crippen LogP contribution in [0.5, 0.6) is 0 Å². The lowest BCUT2D eigenvalue weighted by molar-refractivity contribution is -0.432. The van der Waals surface area contributed by atoms with Crippen molar-refractivity contribution in [2.75, 3.05) is 16.6 Å². The molecule has 354 valence electrons. The number of hydrogen-bond donors (Lipinski definition) is 1. The molecule has 0 atom stereocenters. The van der Waals surface area contributed by atoms with Crippen LogP contribution in [0, 0.1) is 0 Å². The number of fused-ring (bicyclic) bond motifs is 2. The second-order valence-electron chi connectivity index (χ2n) is 18.4. The second-order valence-corrected chi connectivity index (χ2v) is 18.4. The van der Waals surface area contributed by atoms with Crippen LogP contribution in [0.2, 0.25) is 0 Å². The van der Waals surface area contributed by atoms with Gasteiger partial charge in [0.05, 0.1) is 57.5 Å². The number of ketones is 1. The molecule has 0 saturated carbocycles. The van der Waals surface area contributed by atoms with E-state index in [0.29, 0.717) is 11.1 Å². The zero-order valence-electron chi connectivity index (χ0n) is 40.8. The average molecular weight is 926 g/mol. The van der Waals surface area contributed by atoms with Crippen LogP contribution in [0.25, 0.3) is 22.0 Å². The minimum atomic E-state index is -0.147. The molecule has 0 bridgehead atoms. The Hall–Kier alpha value is -7.58. The highest BCUT2D eigenvalue weighted by Gasteiger charge is 2.42. The smallest absolute Gasteiger partial charge is 0.213 e. The number of Topliss-reactive ketones (excluding diaryl/α,β-unsaturated/α-hetero) is 1. The lowest BCUT2D eigenvalue weighted by atomic mass is 9.79. The summed E-state index contributed by atoms with van der Waals surface area (Å²) in [5, 5.41) is 27.1. The molecule has 0 spiro atoms. The highest BCUT2D eigenvalue weighted by molar-refractivity contribution is 6.45. The zero-order valence-corrected chi connectivity index (χ0v) is 40.8. The summed E-state index contributed by atoms with van der Waals surface area (Å²) in [4.78, 5) is 14.9. The molecule has 1 aromatic heterocycles. The number of aromatic nitrogens is 1. The summed E-state index contributed by atoms with van der Waals surface area (Å²) in [5.74, 6) is -0.106. The Bertz CT molecular complexity index is 2960. The van der Waals surface area contributed by atoms with Crippen LogP contribution in [-0.4, -0.2) is 45.2 Å². The van der Waals surface area contributed by atoms with Crippen molar-refractivity contribution in [2.24, 2.45) is 10.2 Å². The fourth-order valence-corrected chi connectivity index (χ4v) is 9.68. The number of aliphatic hydroxyl groups is 1. The van der Waals surface area contributed by atoms with E-state index in [2.05, 4.69) is 71.8 Å². The lowest BCUT2D eigenvalue weighted by Gasteiger charge is -2.22. The molecular formula is C62H65N6O2+. The summed E-state index contributed by atoms with van der Waals surface area (Å²) >= 11 is 0. The third kappa shape index (κ3) is 10.8. The Labute approximate surface area is 413 Å². The Balaban J connectivity index is 1.09. The third-order valence-corrected chi connectivity index (χ3v) is 13.4. The first-order valence-corrected chi connectivity index (χ1v) is 25.5. The van der Waals surface area contributed by atoms with Gasteiger partial charge in [-0.25, -0.2) is 10.0 Å². The van der Waals surface area contributed by atoms with Crippen molar-refractivity contribution >= 4 is 74.9 Å². The van der Waals surface area contributed by atoms with E-state index in [4.69, 9.17) is 10.2 Å². The molecule has 0 amide bonds. The van der Waals surface area contributed by atoms with Crippen molar-refractivity contribution in [1.29, 1.82) is 0 Å². The first kappa shape index (κ1) is 47.5. The topological polar surface area (TPSA) is 76.4 Å². The van der Waals surface area contributed by atoms with E-state index in [1.165, 1.54) is 51.4 Å². The highest BCUT2D eigenvalue weighted by atomic mass is 16.3. The maximum atomic E-state index is 14.9. The van der Waals surface area contributed by atoms with Crippen LogP contribution in [0.3, 0.4) is 0 Å². The summed E-state index contributed by atoms with van der Waals surface area (Å²) in [6.07, 6.45) is 22.1. The Morgan fingerprint density at radius 3 is 1.56 bits per heavy atom. The normalized spacial score (nSPS) is 14.5. The number of nitrogens with zero attached hydrogens (tertiary/aromatic N) is 6. The molecule has 8 nitrogen and oxygen atoms in total. The van der Waals surface area contributed by atoms with Crippen LogP contribution >= 0.6 is 0 Å². The van der Waals surface area contributed by atoms with Gasteiger partial charge >= 0.3 is 0 Å². The molecule has 8 heteroatoms. The maximum Gasteiger partial charge on any atom is 0.213 e. The maximum absolute atomic E-state index is 14.9. The summed E-state index contributed by atoms with van der Waals surface area (Å²) in [6, 6.07) is 53.2. The molecule has 6 aromatic carbocycles. The lowest BCUT2D eigenvalue weighted by Crippen LogP contribution is -2.23. The van der Waals surface area contributed by atoms with E-state index in [9.17, 15) is 9.90 Å². The van der Waals surface area contributed by atoms with Gasteiger partial charge in [0, 0.05) is 41.7 Å². The van der Waals surface area contributed by atoms with E-state index in [1.54, 1.807) is 0 Å². The predicted molar refractivity (Wildman–Crippen MR) is 293 cm³/mol. The summed E-state index contributed by atoms with van der Waals surface area (Å²) < 4.78 is 4.53. The Kier molecular flexibility index (Phi) is 15.7.